The molecule has 0 saturated heterocycles. The van der Waals surface area contributed by atoms with Crippen LogP contribution in [0.2, 0.25) is 0 Å². The predicted molar refractivity (Wildman–Crippen MR) is 99.8 cm³/mol. The van der Waals surface area contributed by atoms with Crippen molar-refractivity contribution in [1.29, 1.82) is 0 Å². The molecule has 124 valence electrons. The second-order valence-electron chi connectivity index (χ2n) is 7.48. The summed E-state index contributed by atoms with van der Waals surface area (Å²) in [6.45, 7) is 8.72. The van der Waals surface area contributed by atoms with Gasteiger partial charge in [-0.1, -0.05) is 35.9 Å². The molecule has 3 unspecified atom stereocenters. The van der Waals surface area contributed by atoms with Crippen LogP contribution in [-0.4, -0.2) is 5.11 Å². The van der Waals surface area contributed by atoms with Crippen LogP contribution < -0.4 is 5.32 Å². The van der Waals surface area contributed by atoms with E-state index in [4.69, 9.17) is 0 Å². The van der Waals surface area contributed by atoms with Gasteiger partial charge in [0.25, 0.3) is 0 Å². The minimum Gasteiger partial charge on any atom is -0.506 e. The van der Waals surface area contributed by atoms with E-state index >= 15 is 0 Å². The molecule has 2 nitrogen and oxygen atoms in total. The van der Waals surface area contributed by atoms with Gasteiger partial charge < -0.3 is 10.4 Å². The molecule has 0 bridgehead atoms. The van der Waals surface area contributed by atoms with Gasteiger partial charge in [0.1, 0.15) is 5.75 Å². The zero-order valence-corrected chi connectivity index (χ0v) is 14.9. The molecule has 2 N–H and O–H groups in total. The molecule has 0 fully saturated rings. The molecule has 1 aliphatic heterocycles. The van der Waals surface area contributed by atoms with Gasteiger partial charge in [-0.25, -0.2) is 0 Å². The average molecular weight is 319 g/mol. The molecule has 0 aromatic heterocycles. The molecule has 4 rings (SSSR count). The van der Waals surface area contributed by atoms with Crippen molar-refractivity contribution in [3.8, 4) is 5.75 Å². The third-order valence-electron chi connectivity index (χ3n) is 5.76. The highest BCUT2D eigenvalue weighted by Gasteiger charge is 2.40. The quantitative estimate of drug-likeness (QED) is 0.541. The summed E-state index contributed by atoms with van der Waals surface area (Å²) in [4.78, 5) is 0. The topological polar surface area (TPSA) is 32.3 Å². The smallest absolute Gasteiger partial charge is 0.139 e. The fraction of sp³-hybridized carbons (Fsp3) is 0.364. The molecule has 24 heavy (non-hydrogen) atoms. The van der Waals surface area contributed by atoms with Crippen LogP contribution in [0.4, 0.5) is 5.69 Å². The number of benzene rings is 2. The van der Waals surface area contributed by atoms with Crippen molar-refractivity contribution in [3.05, 3.63) is 69.8 Å². The summed E-state index contributed by atoms with van der Waals surface area (Å²) < 4.78 is 0. The fourth-order valence-corrected chi connectivity index (χ4v) is 4.85. The Morgan fingerprint density at radius 1 is 0.958 bits per heavy atom. The number of hydrogen-bond acceptors (Lipinski definition) is 2. The monoisotopic (exact) mass is 319 g/mol. The van der Waals surface area contributed by atoms with Crippen molar-refractivity contribution < 1.29 is 5.11 Å². The molecule has 0 amide bonds. The summed E-state index contributed by atoms with van der Waals surface area (Å²) >= 11 is 0. The van der Waals surface area contributed by atoms with Crippen molar-refractivity contribution in [3.63, 3.8) is 0 Å². The SMILES string of the molecule is Cc1cc(C)c(C2Nc3c(O)ccc(C)c3C3C=CCC32)c(C)c1. The zero-order valence-electron chi connectivity index (χ0n) is 14.9. The van der Waals surface area contributed by atoms with E-state index < -0.39 is 0 Å². The Morgan fingerprint density at radius 2 is 1.67 bits per heavy atom. The number of aromatic hydroxyl groups is 1. The van der Waals surface area contributed by atoms with E-state index in [2.05, 4.69) is 57.3 Å². The molecule has 2 aromatic carbocycles. The second-order valence-corrected chi connectivity index (χ2v) is 7.48. The maximum absolute atomic E-state index is 10.5. The van der Waals surface area contributed by atoms with E-state index in [-0.39, 0.29) is 6.04 Å². The number of allylic oxidation sites excluding steroid dienone is 2. The molecule has 2 heteroatoms. The van der Waals surface area contributed by atoms with Gasteiger partial charge in [0.2, 0.25) is 0 Å². The Labute approximate surface area is 144 Å². The molecule has 2 aromatic rings. The van der Waals surface area contributed by atoms with Crippen LogP contribution >= 0.6 is 0 Å². The second kappa shape index (κ2) is 5.41. The Balaban J connectivity index is 1.90. The number of phenols is 1. The fourth-order valence-electron chi connectivity index (χ4n) is 4.85. The predicted octanol–water partition coefficient (Wildman–Crippen LogP) is 5.45. The molecule has 1 aliphatic carbocycles. The van der Waals surface area contributed by atoms with E-state index in [1.807, 2.05) is 12.1 Å². The first-order valence-corrected chi connectivity index (χ1v) is 8.80. The largest absolute Gasteiger partial charge is 0.506 e. The lowest BCUT2D eigenvalue weighted by Crippen LogP contribution is -2.30. The van der Waals surface area contributed by atoms with Crippen molar-refractivity contribution in [2.75, 3.05) is 5.32 Å². The van der Waals surface area contributed by atoms with Gasteiger partial charge in [-0.2, -0.15) is 0 Å². The van der Waals surface area contributed by atoms with Gasteiger partial charge in [0.05, 0.1) is 11.7 Å². The van der Waals surface area contributed by atoms with E-state index in [1.54, 1.807) is 0 Å². The van der Waals surface area contributed by atoms with Gasteiger partial charge in [-0.15, -0.1) is 0 Å². The van der Waals surface area contributed by atoms with E-state index in [0.29, 0.717) is 17.6 Å². The number of anilines is 1. The minimum atomic E-state index is 0.241. The molecular formula is C22H25NO. The first kappa shape index (κ1) is 15.3. The Hall–Kier alpha value is -2.22. The van der Waals surface area contributed by atoms with Crippen molar-refractivity contribution >= 4 is 5.69 Å². The highest BCUT2D eigenvalue weighted by Crippen LogP contribution is 2.53. The molecule has 3 atom stereocenters. The standard InChI is InChI=1S/C22H25NO/c1-12-10-14(3)19(15(4)11-12)21-17-7-5-6-16(17)20-13(2)8-9-18(24)22(20)23-21/h5-6,8-11,16-17,21,23-24H,7H2,1-4H3. The van der Waals surface area contributed by atoms with Crippen molar-refractivity contribution in [2.24, 2.45) is 5.92 Å². The highest BCUT2D eigenvalue weighted by atomic mass is 16.3. The van der Waals surface area contributed by atoms with Crippen LogP contribution in [0.5, 0.6) is 5.75 Å². The van der Waals surface area contributed by atoms with Gasteiger partial charge in [0.15, 0.2) is 0 Å². The van der Waals surface area contributed by atoms with Crippen molar-refractivity contribution in [2.45, 2.75) is 46.1 Å². The maximum atomic E-state index is 10.5. The Bertz CT molecular complexity index is 826. The van der Waals surface area contributed by atoms with Crippen LogP contribution in [0.1, 0.15) is 51.8 Å². The number of aryl methyl sites for hydroxylation is 4. The average Bonchev–Trinajstić information content (AvgIpc) is 2.99. The highest BCUT2D eigenvalue weighted by molar-refractivity contribution is 5.69. The lowest BCUT2D eigenvalue weighted by atomic mass is 9.74. The lowest BCUT2D eigenvalue weighted by Gasteiger charge is -2.40. The van der Waals surface area contributed by atoms with Gasteiger partial charge in [0, 0.05) is 5.92 Å². The van der Waals surface area contributed by atoms with E-state index in [9.17, 15) is 5.11 Å². The normalized spacial score (nSPS) is 24.4. The van der Waals surface area contributed by atoms with Crippen LogP contribution in [-0.2, 0) is 0 Å². The van der Waals surface area contributed by atoms with E-state index in [1.165, 1.54) is 33.4 Å². The Kier molecular flexibility index (Phi) is 3.45. The number of fused-ring (bicyclic) bond motifs is 3. The summed E-state index contributed by atoms with van der Waals surface area (Å²) in [5.74, 6) is 1.26. The first-order valence-electron chi connectivity index (χ1n) is 8.80. The molecule has 0 saturated carbocycles. The van der Waals surface area contributed by atoms with Crippen LogP contribution in [0.15, 0.2) is 36.4 Å². The summed E-state index contributed by atoms with van der Waals surface area (Å²) in [6.07, 6.45) is 5.73. The summed E-state index contributed by atoms with van der Waals surface area (Å²) in [5.41, 5.74) is 8.83. The number of hydrogen-bond donors (Lipinski definition) is 2. The maximum Gasteiger partial charge on any atom is 0.139 e. The zero-order chi connectivity index (χ0) is 17.0. The lowest BCUT2D eigenvalue weighted by molar-refractivity contribution is 0.412. The summed E-state index contributed by atoms with van der Waals surface area (Å²) in [6, 6.07) is 8.62. The van der Waals surface area contributed by atoms with Crippen LogP contribution in [0, 0.1) is 33.6 Å². The third-order valence-corrected chi connectivity index (χ3v) is 5.76. The van der Waals surface area contributed by atoms with Gasteiger partial charge >= 0.3 is 0 Å². The van der Waals surface area contributed by atoms with Crippen molar-refractivity contribution in [1.82, 2.24) is 0 Å². The minimum absolute atomic E-state index is 0.241. The molecular weight excluding hydrogens is 294 g/mol. The molecule has 0 radical (unpaired) electrons. The molecule has 2 aliphatic rings. The van der Waals surface area contributed by atoms with Crippen LogP contribution in [0.3, 0.4) is 0 Å². The number of rotatable bonds is 1. The van der Waals surface area contributed by atoms with Gasteiger partial charge in [-0.3, -0.25) is 0 Å². The number of nitrogens with one attached hydrogen (secondary N) is 1. The molecule has 1 heterocycles. The van der Waals surface area contributed by atoms with E-state index in [0.717, 1.165) is 12.1 Å². The van der Waals surface area contributed by atoms with Crippen LogP contribution in [0.25, 0.3) is 0 Å². The number of phenolic OH excluding ortho intramolecular Hbond substituents is 1. The Morgan fingerprint density at radius 3 is 2.38 bits per heavy atom. The summed E-state index contributed by atoms with van der Waals surface area (Å²) in [7, 11) is 0. The first-order chi connectivity index (χ1) is 11.5. The third kappa shape index (κ3) is 2.16. The van der Waals surface area contributed by atoms with Gasteiger partial charge in [-0.05, 0) is 73.9 Å². The summed E-state index contributed by atoms with van der Waals surface area (Å²) in [5, 5.41) is 14.2. The molecule has 0 spiro atoms.